The van der Waals surface area contributed by atoms with Crippen molar-refractivity contribution in [3.63, 3.8) is 0 Å². The molecule has 2 amide bonds. The molecule has 1 saturated carbocycles. The zero-order valence-corrected chi connectivity index (χ0v) is 20.5. The highest BCUT2D eigenvalue weighted by atomic mass is 16.5. The van der Waals surface area contributed by atoms with Gasteiger partial charge in [-0.05, 0) is 49.0 Å². The molecule has 3 fully saturated rings. The second-order valence-corrected chi connectivity index (χ2v) is 9.84. The molecular weight excluding hydrogens is 438 g/mol. The molecule has 3 atom stereocenters. The molecule has 2 saturated heterocycles. The Morgan fingerprint density at radius 1 is 0.914 bits per heavy atom. The number of para-hydroxylation sites is 2. The summed E-state index contributed by atoms with van der Waals surface area (Å²) in [5.41, 5.74) is 2.06. The van der Waals surface area contributed by atoms with Gasteiger partial charge in [-0.2, -0.15) is 0 Å². The van der Waals surface area contributed by atoms with Crippen molar-refractivity contribution in [3.05, 3.63) is 66.2 Å². The first kappa shape index (κ1) is 23.5. The summed E-state index contributed by atoms with van der Waals surface area (Å²) >= 11 is 0. The second kappa shape index (κ2) is 10.5. The average molecular weight is 474 g/mol. The number of carbonyl (C=O) groups excluding carboxylic acids is 2. The van der Waals surface area contributed by atoms with Crippen LogP contribution in [0, 0.1) is 5.92 Å². The third-order valence-electron chi connectivity index (χ3n) is 7.86. The smallest absolute Gasteiger partial charge is 0.247 e. The fourth-order valence-electron chi connectivity index (χ4n) is 6.08. The molecular formula is C29H35N3O3. The fourth-order valence-corrected chi connectivity index (χ4v) is 6.08. The van der Waals surface area contributed by atoms with Crippen molar-refractivity contribution in [2.45, 2.75) is 44.2 Å². The van der Waals surface area contributed by atoms with E-state index in [2.05, 4.69) is 11.0 Å². The van der Waals surface area contributed by atoms with Gasteiger partial charge in [0.2, 0.25) is 11.8 Å². The van der Waals surface area contributed by atoms with Crippen LogP contribution in [0.25, 0.3) is 6.08 Å². The van der Waals surface area contributed by atoms with E-state index in [0.29, 0.717) is 19.0 Å². The molecule has 6 nitrogen and oxygen atoms in total. The number of anilines is 1. The molecule has 3 aliphatic rings. The van der Waals surface area contributed by atoms with Crippen LogP contribution in [0.2, 0.25) is 0 Å². The summed E-state index contributed by atoms with van der Waals surface area (Å²) in [7, 11) is 1.69. The van der Waals surface area contributed by atoms with E-state index in [1.54, 1.807) is 13.2 Å². The zero-order chi connectivity index (χ0) is 24.2. The lowest BCUT2D eigenvalue weighted by Gasteiger charge is -2.39. The number of nitrogens with zero attached hydrogens (tertiary/aromatic N) is 3. The lowest BCUT2D eigenvalue weighted by Crippen LogP contribution is -2.55. The summed E-state index contributed by atoms with van der Waals surface area (Å²) in [6, 6.07) is 17.7. The highest BCUT2D eigenvalue weighted by Gasteiger charge is 2.48. The van der Waals surface area contributed by atoms with Crippen molar-refractivity contribution in [2.24, 2.45) is 5.92 Å². The van der Waals surface area contributed by atoms with Gasteiger partial charge in [0.15, 0.2) is 0 Å². The lowest BCUT2D eigenvalue weighted by atomic mass is 9.84. The summed E-state index contributed by atoms with van der Waals surface area (Å²) in [4.78, 5) is 33.4. The van der Waals surface area contributed by atoms with Crippen LogP contribution in [-0.4, -0.2) is 67.0 Å². The molecule has 2 aromatic carbocycles. The quantitative estimate of drug-likeness (QED) is 0.611. The van der Waals surface area contributed by atoms with Crippen LogP contribution in [0.1, 0.15) is 37.7 Å². The number of methoxy groups -OCH3 is 1. The van der Waals surface area contributed by atoms with Crippen LogP contribution < -0.4 is 9.64 Å². The van der Waals surface area contributed by atoms with Crippen LogP contribution in [0.3, 0.4) is 0 Å². The van der Waals surface area contributed by atoms with Gasteiger partial charge in [0.1, 0.15) is 11.8 Å². The van der Waals surface area contributed by atoms with Crippen molar-refractivity contribution in [1.29, 1.82) is 0 Å². The van der Waals surface area contributed by atoms with E-state index >= 15 is 0 Å². The Bertz CT molecular complexity index is 1060. The molecule has 0 spiro atoms. The monoisotopic (exact) mass is 473 g/mol. The van der Waals surface area contributed by atoms with Crippen LogP contribution in [0.5, 0.6) is 5.75 Å². The van der Waals surface area contributed by atoms with Gasteiger partial charge in [-0.15, -0.1) is 0 Å². The zero-order valence-electron chi connectivity index (χ0n) is 20.5. The van der Waals surface area contributed by atoms with Gasteiger partial charge in [-0.3, -0.25) is 9.59 Å². The van der Waals surface area contributed by atoms with Crippen molar-refractivity contribution >= 4 is 23.6 Å². The Morgan fingerprint density at radius 2 is 1.63 bits per heavy atom. The molecule has 3 unspecified atom stereocenters. The minimum atomic E-state index is -0.353. The third kappa shape index (κ3) is 4.93. The van der Waals surface area contributed by atoms with Gasteiger partial charge < -0.3 is 19.4 Å². The Morgan fingerprint density at radius 3 is 2.40 bits per heavy atom. The third-order valence-corrected chi connectivity index (χ3v) is 7.86. The minimum Gasteiger partial charge on any atom is -0.495 e. The topological polar surface area (TPSA) is 53.1 Å². The van der Waals surface area contributed by atoms with Gasteiger partial charge in [-0.1, -0.05) is 55.3 Å². The number of carbonyl (C=O) groups is 2. The molecule has 0 aromatic heterocycles. The molecule has 6 heteroatoms. The van der Waals surface area contributed by atoms with E-state index in [9.17, 15) is 9.59 Å². The minimum absolute atomic E-state index is 0.0331. The fraction of sp³-hybridized carbons (Fsp3) is 0.448. The highest BCUT2D eigenvalue weighted by molar-refractivity contribution is 5.96. The van der Waals surface area contributed by atoms with E-state index in [4.69, 9.17) is 4.74 Å². The first-order valence-corrected chi connectivity index (χ1v) is 12.9. The first-order valence-electron chi connectivity index (χ1n) is 12.9. The number of hydrogen-bond donors (Lipinski definition) is 0. The number of piperazine rings is 1. The number of likely N-dealkylation sites (tertiary alicyclic amines) is 1. The van der Waals surface area contributed by atoms with Crippen molar-refractivity contribution in [1.82, 2.24) is 9.80 Å². The largest absolute Gasteiger partial charge is 0.495 e. The van der Waals surface area contributed by atoms with E-state index in [0.717, 1.165) is 55.8 Å². The van der Waals surface area contributed by atoms with Crippen molar-refractivity contribution < 1.29 is 14.3 Å². The number of benzene rings is 2. The Labute approximate surface area is 208 Å². The summed E-state index contributed by atoms with van der Waals surface area (Å²) in [6.07, 6.45) is 8.76. The number of hydrogen-bond acceptors (Lipinski definition) is 4. The number of ether oxygens (including phenoxy) is 1. The molecule has 35 heavy (non-hydrogen) atoms. The molecule has 1 aliphatic carbocycles. The summed E-state index contributed by atoms with van der Waals surface area (Å²) in [5, 5.41) is 0. The van der Waals surface area contributed by atoms with Gasteiger partial charge in [-0.25, -0.2) is 0 Å². The summed E-state index contributed by atoms with van der Waals surface area (Å²) in [6.45, 7) is 2.83. The van der Waals surface area contributed by atoms with E-state index in [1.165, 1.54) is 6.42 Å². The standard InChI is InChI=1S/C29H35N3O3/c1-35-27-14-8-7-13-25(27)30-17-19-31(20-18-30)29(34)26-21-23-11-5-6-12-24(23)32(26)28(33)16-15-22-9-3-2-4-10-22/h2-4,7-10,13-16,23-24,26H,5-6,11-12,17-21H2,1H3. The highest BCUT2D eigenvalue weighted by Crippen LogP contribution is 2.40. The lowest BCUT2D eigenvalue weighted by molar-refractivity contribution is -0.143. The molecule has 0 radical (unpaired) electrons. The van der Waals surface area contributed by atoms with Gasteiger partial charge in [0, 0.05) is 38.3 Å². The van der Waals surface area contributed by atoms with Crippen LogP contribution in [0.15, 0.2) is 60.7 Å². The maximum atomic E-state index is 13.8. The van der Waals surface area contributed by atoms with E-state index < -0.39 is 0 Å². The van der Waals surface area contributed by atoms with Crippen molar-refractivity contribution in [3.8, 4) is 5.75 Å². The van der Waals surface area contributed by atoms with Gasteiger partial charge in [0.05, 0.1) is 12.8 Å². The Hall–Kier alpha value is -3.28. The maximum Gasteiger partial charge on any atom is 0.247 e. The number of rotatable bonds is 5. The van der Waals surface area contributed by atoms with Gasteiger partial charge in [0.25, 0.3) is 0 Å². The molecule has 2 aromatic rings. The van der Waals surface area contributed by atoms with Crippen LogP contribution in [-0.2, 0) is 9.59 Å². The Balaban J connectivity index is 1.29. The predicted molar refractivity (Wildman–Crippen MR) is 138 cm³/mol. The molecule has 2 aliphatic heterocycles. The first-order chi connectivity index (χ1) is 17.2. The van der Waals surface area contributed by atoms with E-state index in [-0.39, 0.29) is 23.9 Å². The predicted octanol–water partition coefficient (Wildman–Crippen LogP) is 4.22. The summed E-state index contributed by atoms with van der Waals surface area (Å²) < 4.78 is 5.53. The molecule has 0 bridgehead atoms. The van der Waals surface area contributed by atoms with Gasteiger partial charge >= 0.3 is 0 Å². The Kier molecular flexibility index (Phi) is 7.07. The normalized spacial score (nSPS) is 24.5. The molecule has 5 rings (SSSR count). The van der Waals surface area contributed by atoms with Crippen molar-refractivity contribution in [2.75, 3.05) is 38.2 Å². The molecule has 2 heterocycles. The number of amides is 2. The average Bonchev–Trinajstić information content (AvgIpc) is 3.32. The molecule has 184 valence electrons. The SMILES string of the molecule is COc1ccccc1N1CCN(C(=O)C2CC3CCCCC3N2C(=O)C=Cc2ccccc2)CC1. The molecule has 0 N–H and O–H groups in total. The number of fused-ring (bicyclic) bond motifs is 1. The van der Waals surface area contributed by atoms with Crippen LogP contribution in [0.4, 0.5) is 5.69 Å². The second-order valence-electron chi connectivity index (χ2n) is 9.84. The van der Waals surface area contributed by atoms with Crippen LogP contribution >= 0.6 is 0 Å². The van der Waals surface area contributed by atoms with E-state index in [1.807, 2.05) is 64.4 Å². The maximum absolute atomic E-state index is 13.8. The summed E-state index contributed by atoms with van der Waals surface area (Å²) in [5.74, 6) is 1.37.